The van der Waals surface area contributed by atoms with Crippen LogP contribution in [0, 0.1) is 5.92 Å². The van der Waals surface area contributed by atoms with Crippen molar-refractivity contribution in [1.29, 1.82) is 0 Å². The van der Waals surface area contributed by atoms with Crippen molar-refractivity contribution in [2.24, 2.45) is 5.92 Å². The van der Waals surface area contributed by atoms with Gasteiger partial charge in [-0.15, -0.1) is 0 Å². The predicted molar refractivity (Wildman–Crippen MR) is 99.3 cm³/mol. The number of rotatable bonds is 4. The number of hydrogen-bond acceptors (Lipinski definition) is 5. The minimum Gasteiger partial charge on any atom is -0.336 e. The third kappa shape index (κ3) is 3.39. The number of aryl methyl sites for hydroxylation is 1. The van der Waals surface area contributed by atoms with Crippen molar-refractivity contribution >= 4 is 15.7 Å². The number of amides is 1. The second-order valence-electron chi connectivity index (χ2n) is 7.85. The summed E-state index contributed by atoms with van der Waals surface area (Å²) in [6, 6.07) is 3.81. The Kier molecular flexibility index (Phi) is 4.77. The first-order valence-corrected chi connectivity index (χ1v) is 11.5. The van der Waals surface area contributed by atoms with Gasteiger partial charge in [-0.25, -0.2) is 8.42 Å². The highest BCUT2D eigenvalue weighted by Crippen LogP contribution is 2.33. The summed E-state index contributed by atoms with van der Waals surface area (Å²) in [5.41, 5.74) is 2.16. The molecular formula is C19H27N3O3S. The SMILES string of the molecule is CCc1ccc(CN2CCN(C(=O)C3CCC3)[C@@H]3CS(=O)(=O)C[C@@H]32)nc1. The molecule has 0 unspecified atom stereocenters. The highest BCUT2D eigenvalue weighted by Gasteiger charge is 2.49. The van der Waals surface area contributed by atoms with E-state index in [1.54, 1.807) is 0 Å². The zero-order valence-corrected chi connectivity index (χ0v) is 16.1. The van der Waals surface area contributed by atoms with Gasteiger partial charge in [0.2, 0.25) is 5.91 Å². The highest BCUT2D eigenvalue weighted by atomic mass is 32.2. The van der Waals surface area contributed by atoms with Gasteiger partial charge in [-0.3, -0.25) is 14.7 Å². The molecule has 2 saturated heterocycles. The lowest BCUT2D eigenvalue weighted by Crippen LogP contribution is -2.61. The van der Waals surface area contributed by atoms with Crippen molar-refractivity contribution in [1.82, 2.24) is 14.8 Å². The van der Waals surface area contributed by atoms with Crippen LogP contribution in [0.2, 0.25) is 0 Å². The van der Waals surface area contributed by atoms with Crippen LogP contribution in [0.4, 0.5) is 0 Å². The molecule has 0 N–H and O–H groups in total. The highest BCUT2D eigenvalue weighted by molar-refractivity contribution is 7.91. The fourth-order valence-corrected chi connectivity index (χ4v) is 6.36. The molecule has 0 aromatic carbocycles. The number of pyridine rings is 1. The van der Waals surface area contributed by atoms with Crippen LogP contribution in [0.1, 0.15) is 37.4 Å². The molecule has 0 bridgehead atoms. The number of aromatic nitrogens is 1. The van der Waals surface area contributed by atoms with Gasteiger partial charge in [0.05, 0.1) is 23.2 Å². The molecule has 0 spiro atoms. The molecular weight excluding hydrogens is 350 g/mol. The summed E-state index contributed by atoms with van der Waals surface area (Å²) in [5.74, 6) is 0.552. The average Bonchev–Trinajstić information content (AvgIpc) is 2.89. The fourth-order valence-electron chi connectivity index (χ4n) is 4.35. The molecule has 7 heteroatoms. The van der Waals surface area contributed by atoms with E-state index in [0.717, 1.165) is 31.4 Å². The molecule has 1 aromatic rings. The van der Waals surface area contributed by atoms with Crippen LogP contribution in [0.25, 0.3) is 0 Å². The summed E-state index contributed by atoms with van der Waals surface area (Å²) in [7, 11) is -3.10. The molecule has 2 aliphatic heterocycles. The lowest BCUT2D eigenvalue weighted by Gasteiger charge is -2.45. The van der Waals surface area contributed by atoms with E-state index in [-0.39, 0.29) is 35.4 Å². The Morgan fingerprint density at radius 1 is 1.19 bits per heavy atom. The smallest absolute Gasteiger partial charge is 0.226 e. The zero-order chi connectivity index (χ0) is 18.3. The second-order valence-corrected chi connectivity index (χ2v) is 10.0. The largest absolute Gasteiger partial charge is 0.336 e. The molecule has 3 heterocycles. The number of sulfone groups is 1. The Morgan fingerprint density at radius 3 is 2.58 bits per heavy atom. The first-order chi connectivity index (χ1) is 12.5. The van der Waals surface area contributed by atoms with Crippen molar-refractivity contribution in [3.63, 3.8) is 0 Å². The van der Waals surface area contributed by atoms with Crippen LogP contribution in [-0.2, 0) is 27.6 Å². The van der Waals surface area contributed by atoms with Gasteiger partial charge in [0.1, 0.15) is 0 Å². The Bertz CT molecular complexity index is 774. The van der Waals surface area contributed by atoms with Crippen LogP contribution in [0.5, 0.6) is 0 Å². The van der Waals surface area contributed by atoms with E-state index in [0.29, 0.717) is 19.6 Å². The Morgan fingerprint density at radius 2 is 1.96 bits per heavy atom. The minimum absolute atomic E-state index is 0.106. The summed E-state index contributed by atoms with van der Waals surface area (Å²) in [5, 5.41) is 0. The van der Waals surface area contributed by atoms with Gasteiger partial charge in [0.25, 0.3) is 0 Å². The van der Waals surface area contributed by atoms with Gasteiger partial charge in [-0.2, -0.15) is 0 Å². The summed E-state index contributed by atoms with van der Waals surface area (Å²) in [6.45, 7) is 4.08. The Balaban J connectivity index is 1.51. The Labute approximate surface area is 155 Å². The number of nitrogens with zero attached hydrogens (tertiary/aromatic N) is 3. The van der Waals surface area contributed by atoms with E-state index in [2.05, 4.69) is 22.9 Å². The van der Waals surface area contributed by atoms with Gasteiger partial charge in [0, 0.05) is 37.8 Å². The number of hydrogen-bond donors (Lipinski definition) is 0. The van der Waals surface area contributed by atoms with E-state index in [9.17, 15) is 13.2 Å². The fraction of sp³-hybridized carbons (Fsp3) is 0.684. The molecule has 1 amide bonds. The number of carbonyl (C=O) groups is 1. The topological polar surface area (TPSA) is 70.6 Å². The van der Waals surface area contributed by atoms with Crippen molar-refractivity contribution in [3.05, 3.63) is 29.6 Å². The van der Waals surface area contributed by atoms with Crippen molar-refractivity contribution in [2.45, 2.75) is 51.2 Å². The summed E-state index contributed by atoms with van der Waals surface area (Å²) in [6.07, 6.45) is 5.88. The van der Waals surface area contributed by atoms with E-state index in [4.69, 9.17) is 0 Å². The van der Waals surface area contributed by atoms with Gasteiger partial charge < -0.3 is 4.90 Å². The van der Waals surface area contributed by atoms with Gasteiger partial charge in [0.15, 0.2) is 9.84 Å². The summed E-state index contributed by atoms with van der Waals surface area (Å²) in [4.78, 5) is 21.4. The molecule has 1 saturated carbocycles. The quantitative estimate of drug-likeness (QED) is 0.790. The third-order valence-corrected chi connectivity index (χ3v) is 7.89. The summed E-state index contributed by atoms with van der Waals surface area (Å²) < 4.78 is 24.6. The van der Waals surface area contributed by atoms with Crippen molar-refractivity contribution in [2.75, 3.05) is 24.6 Å². The van der Waals surface area contributed by atoms with Crippen molar-refractivity contribution < 1.29 is 13.2 Å². The molecule has 1 aliphatic carbocycles. The van der Waals surface area contributed by atoms with Gasteiger partial charge in [-0.05, 0) is 30.9 Å². The van der Waals surface area contributed by atoms with Crippen LogP contribution in [-0.4, -0.2) is 65.8 Å². The molecule has 26 heavy (non-hydrogen) atoms. The van der Waals surface area contributed by atoms with Gasteiger partial charge in [-0.1, -0.05) is 19.4 Å². The molecule has 0 radical (unpaired) electrons. The van der Waals surface area contributed by atoms with Crippen LogP contribution in [0.15, 0.2) is 18.3 Å². The van der Waals surface area contributed by atoms with Crippen LogP contribution in [0.3, 0.4) is 0 Å². The summed E-state index contributed by atoms with van der Waals surface area (Å²) >= 11 is 0. The second kappa shape index (κ2) is 6.93. The molecule has 6 nitrogen and oxygen atoms in total. The molecule has 142 valence electrons. The average molecular weight is 378 g/mol. The maximum atomic E-state index is 12.8. The first-order valence-electron chi connectivity index (χ1n) is 9.65. The predicted octanol–water partition coefficient (Wildman–Crippen LogP) is 1.25. The van der Waals surface area contributed by atoms with Gasteiger partial charge >= 0.3 is 0 Å². The number of carbonyl (C=O) groups excluding carboxylic acids is 1. The molecule has 4 rings (SSSR count). The normalized spacial score (nSPS) is 28.6. The lowest BCUT2D eigenvalue weighted by atomic mass is 9.83. The van der Waals surface area contributed by atoms with E-state index in [1.165, 1.54) is 5.56 Å². The maximum absolute atomic E-state index is 12.8. The van der Waals surface area contributed by atoms with Crippen LogP contribution >= 0.6 is 0 Å². The first kappa shape index (κ1) is 17.9. The molecule has 1 aromatic heterocycles. The van der Waals surface area contributed by atoms with E-state index >= 15 is 0 Å². The Hall–Kier alpha value is -1.47. The third-order valence-electron chi connectivity index (χ3n) is 6.19. The van der Waals surface area contributed by atoms with E-state index < -0.39 is 9.84 Å². The molecule has 2 atom stereocenters. The monoisotopic (exact) mass is 377 g/mol. The van der Waals surface area contributed by atoms with E-state index in [1.807, 2.05) is 17.2 Å². The molecule has 3 aliphatic rings. The van der Waals surface area contributed by atoms with Crippen molar-refractivity contribution in [3.8, 4) is 0 Å². The maximum Gasteiger partial charge on any atom is 0.226 e. The van der Waals surface area contributed by atoms with Crippen LogP contribution < -0.4 is 0 Å². The lowest BCUT2D eigenvalue weighted by molar-refractivity contribution is -0.144. The number of fused-ring (bicyclic) bond motifs is 1. The zero-order valence-electron chi connectivity index (χ0n) is 15.3. The number of piperazine rings is 1. The minimum atomic E-state index is -3.10. The molecule has 3 fully saturated rings. The standard InChI is InChI=1S/C19H27N3O3S/c1-2-14-6-7-16(20-10-14)11-21-8-9-22(19(23)15-4-3-5-15)18-13-26(24,25)12-17(18)21/h6-7,10,15,17-18H,2-5,8-9,11-13H2,1H3/t17-,18+/m0/s1.